The van der Waals surface area contributed by atoms with Crippen LogP contribution in [0.4, 0.5) is 0 Å². The molecule has 2 heteroatoms. The average Bonchev–Trinajstić information content (AvgIpc) is 2.53. The molecule has 0 aromatic carbocycles. The largest absolute Gasteiger partial charge is 0.383 e. The van der Waals surface area contributed by atoms with Gasteiger partial charge < -0.3 is 10.1 Å². The minimum Gasteiger partial charge on any atom is -0.383 e. The maximum atomic E-state index is 5.27. The van der Waals surface area contributed by atoms with Crippen LogP contribution in [0.15, 0.2) is 0 Å². The Morgan fingerprint density at radius 1 is 1.38 bits per heavy atom. The minimum absolute atomic E-state index is 0.478. The van der Waals surface area contributed by atoms with Crippen molar-refractivity contribution in [2.75, 3.05) is 20.3 Å². The summed E-state index contributed by atoms with van der Waals surface area (Å²) in [6.45, 7) is 6.46. The third-order valence-corrected chi connectivity index (χ3v) is 3.37. The lowest BCUT2D eigenvalue weighted by Crippen LogP contribution is -2.45. The molecule has 0 saturated heterocycles. The topological polar surface area (TPSA) is 21.3 Å². The van der Waals surface area contributed by atoms with Crippen molar-refractivity contribution < 1.29 is 4.74 Å². The van der Waals surface area contributed by atoms with E-state index in [1.165, 1.54) is 25.7 Å². The van der Waals surface area contributed by atoms with E-state index in [0.717, 1.165) is 13.2 Å². The van der Waals surface area contributed by atoms with Gasteiger partial charge in [0.1, 0.15) is 0 Å². The molecular weight excluding hydrogens is 162 g/mol. The summed E-state index contributed by atoms with van der Waals surface area (Å²) in [6.07, 6.45) is 5.49. The molecule has 1 unspecified atom stereocenters. The van der Waals surface area contributed by atoms with E-state index in [1.807, 2.05) is 0 Å². The summed E-state index contributed by atoms with van der Waals surface area (Å²) in [4.78, 5) is 0. The van der Waals surface area contributed by atoms with E-state index in [1.54, 1.807) is 7.11 Å². The molecule has 0 amide bonds. The maximum absolute atomic E-state index is 5.27. The van der Waals surface area contributed by atoms with E-state index >= 15 is 0 Å². The summed E-state index contributed by atoms with van der Waals surface area (Å²) in [5, 5.41) is 3.54. The molecule has 1 atom stereocenters. The third-order valence-electron chi connectivity index (χ3n) is 3.37. The Kier molecular flexibility index (Phi) is 4.20. The number of nitrogens with one attached hydrogen (secondary N) is 1. The molecule has 1 fully saturated rings. The van der Waals surface area contributed by atoms with Crippen LogP contribution in [0.1, 0.15) is 39.5 Å². The Bertz CT molecular complexity index is 135. The van der Waals surface area contributed by atoms with Crippen LogP contribution in [0.2, 0.25) is 0 Å². The van der Waals surface area contributed by atoms with Crippen LogP contribution in [0.25, 0.3) is 0 Å². The van der Waals surface area contributed by atoms with Gasteiger partial charge in [-0.05, 0) is 24.8 Å². The van der Waals surface area contributed by atoms with Crippen molar-refractivity contribution in [2.24, 2.45) is 5.41 Å². The summed E-state index contributed by atoms with van der Waals surface area (Å²) in [7, 11) is 1.79. The summed E-state index contributed by atoms with van der Waals surface area (Å²) < 4.78 is 5.27. The molecular formula is C11H23NO. The zero-order chi connectivity index (χ0) is 9.73. The Hall–Kier alpha value is -0.0800. The van der Waals surface area contributed by atoms with Gasteiger partial charge in [0.2, 0.25) is 0 Å². The molecule has 0 aromatic rings. The van der Waals surface area contributed by atoms with Crippen LogP contribution in [-0.2, 0) is 4.74 Å². The van der Waals surface area contributed by atoms with E-state index in [-0.39, 0.29) is 0 Å². The predicted octanol–water partition coefficient (Wildman–Crippen LogP) is 2.19. The molecule has 2 nitrogen and oxygen atoms in total. The van der Waals surface area contributed by atoms with E-state index in [4.69, 9.17) is 4.74 Å². The monoisotopic (exact) mass is 185 g/mol. The van der Waals surface area contributed by atoms with Crippen LogP contribution in [0.3, 0.4) is 0 Å². The van der Waals surface area contributed by atoms with Gasteiger partial charge in [0.05, 0.1) is 6.61 Å². The summed E-state index contributed by atoms with van der Waals surface area (Å²) in [6, 6.07) is 0.546. The zero-order valence-corrected chi connectivity index (χ0v) is 9.23. The molecule has 0 heterocycles. The molecule has 1 aliphatic rings. The number of hydrogen-bond acceptors (Lipinski definition) is 2. The highest BCUT2D eigenvalue weighted by atomic mass is 16.5. The van der Waals surface area contributed by atoms with Gasteiger partial charge in [-0.25, -0.2) is 0 Å². The number of ether oxygens (including phenoxy) is 1. The lowest BCUT2D eigenvalue weighted by atomic mass is 9.81. The van der Waals surface area contributed by atoms with Crippen molar-refractivity contribution in [1.29, 1.82) is 0 Å². The SMILES string of the molecule is CCNC(COC)C1(C)CCCC1. The van der Waals surface area contributed by atoms with Crippen molar-refractivity contribution in [3.63, 3.8) is 0 Å². The number of methoxy groups -OCH3 is 1. The standard InChI is InChI=1S/C11H23NO/c1-4-12-10(9-13-3)11(2)7-5-6-8-11/h10,12H,4-9H2,1-3H3. The molecule has 1 aliphatic carbocycles. The third kappa shape index (κ3) is 2.68. The second-order valence-corrected chi connectivity index (χ2v) is 4.43. The van der Waals surface area contributed by atoms with E-state index in [0.29, 0.717) is 11.5 Å². The van der Waals surface area contributed by atoms with E-state index < -0.39 is 0 Å². The molecule has 1 saturated carbocycles. The van der Waals surface area contributed by atoms with Gasteiger partial charge in [0.15, 0.2) is 0 Å². The Labute approximate surface area is 82.0 Å². The fourth-order valence-corrected chi connectivity index (χ4v) is 2.45. The molecule has 13 heavy (non-hydrogen) atoms. The van der Waals surface area contributed by atoms with Gasteiger partial charge in [-0.3, -0.25) is 0 Å². The minimum atomic E-state index is 0.478. The summed E-state index contributed by atoms with van der Waals surface area (Å²) >= 11 is 0. The molecule has 0 radical (unpaired) electrons. The maximum Gasteiger partial charge on any atom is 0.0621 e. The van der Waals surface area contributed by atoms with Crippen molar-refractivity contribution in [3.8, 4) is 0 Å². The van der Waals surface area contributed by atoms with Crippen LogP contribution < -0.4 is 5.32 Å². The summed E-state index contributed by atoms with van der Waals surface area (Å²) in [5.41, 5.74) is 0.478. The second kappa shape index (κ2) is 4.97. The smallest absolute Gasteiger partial charge is 0.0621 e. The first-order valence-corrected chi connectivity index (χ1v) is 5.45. The molecule has 0 bridgehead atoms. The highest BCUT2D eigenvalue weighted by Crippen LogP contribution is 2.40. The van der Waals surface area contributed by atoms with Crippen LogP contribution in [0, 0.1) is 5.41 Å². The average molecular weight is 185 g/mol. The first-order chi connectivity index (χ1) is 6.23. The first kappa shape index (κ1) is 11.0. The summed E-state index contributed by atoms with van der Waals surface area (Å²) in [5.74, 6) is 0. The highest BCUT2D eigenvalue weighted by molar-refractivity contribution is 4.91. The Morgan fingerprint density at radius 3 is 2.46 bits per heavy atom. The van der Waals surface area contributed by atoms with Crippen LogP contribution in [-0.4, -0.2) is 26.3 Å². The molecule has 1 N–H and O–H groups in total. The van der Waals surface area contributed by atoms with Crippen molar-refractivity contribution in [1.82, 2.24) is 5.32 Å². The van der Waals surface area contributed by atoms with E-state index in [2.05, 4.69) is 19.2 Å². The molecule has 0 aromatic heterocycles. The number of likely N-dealkylation sites (N-methyl/N-ethyl adjacent to an activating group) is 1. The second-order valence-electron chi connectivity index (χ2n) is 4.43. The molecule has 0 spiro atoms. The quantitative estimate of drug-likeness (QED) is 0.709. The lowest BCUT2D eigenvalue weighted by molar-refractivity contribution is 0.0999. The number of hydrogen-bond donors (Lipinski definition) is 1. The Morgan fingerprint density at radius 2 is 2.00 bits per heavy atom. The fraction of sp³-hybridized carbons (Fsp3) is 1.00. The van der Waals surface area contributed by atoms with Gasteiger partial charge in [0.25, 0.3) is 0 Å². The predicted molar refractivity (Wildman–Crippen MR) is 55.9 cm³/mol. The van der Waals surface area contributed by atoms with Gasteiger partial charge in [0, 0.05) is 13.2 Å². The molecule has 78 valence electrons. The zero-order valence-electron chi connectivity index (χ0n) is 9.23. The lowest BCUT2D eigenvalue weighted by Gasteiger charge is -2.34. The van der Waals surface area contributed by atoms with Crippen molar-refractivity contribution in [3.05, 3.63) is 0 Å². The van der Waals surface area contributed by atoms with Crippen LogP contribution in [0.5, 0.6) is 0 Å². The van der Waals surface area contributed by atoms with Crippen molar-refractivity contribution >= 4 is 0 Å². The van der Waals surface area contributed by atoms with Gasteiger partial charge >= 0.3 is 0 Å². The van der Waals surface area contributed by atoms with Gasteiger partial charge in [-0.15, -0.1) is 0 Å². The van der Waals surface area contributed by atoms with Crippen LogP contribution >= 0.6 is 0 Å². The first-order valence-electron chi connectivity index (χ1n) is 5.45. The Balaban J connectivity index is 2.50. The molecule has 0 aliphatic heterocycles. The molecule has 1 rings (SSSR count). The normalized spacial score (nSPS) is 23.3. The number of rotatable bonds is 5. The highest BCUT2D eigenvalue weighted by Gasteiger charge is 2.36. The fourth-order valence-electron chi connectivity index (χ4n) is 2.45. The van der Waals surface area contributed by atoms with Crippen molar-refractivity contribution in [2.45, 2.75) is 45.6 Å². The van der Waals surface area contributed by atoms with E-state index in [9.17, 15) is 0 Å². The van der Waals surface area contributed by atoms with Gasteiger partial charge in [-0.1, -0.05) is 26.7 Å². The van der Waals surface area contributed by atoms with Gasteiger partial charge in [-0.2, -0.15) is 0 Å².